The Morgan fingerprint density at radius 2 is 1.88 bits per heavy atom. The van der Waals surface area contributed by atoms with Crippen LogP contribution in [0.3, 0.4) is 0 Å². The van der Waals surface area contributed by atoms with Crippen LogP contribution in [0.1, 0.15) is 19.5 Å². The Hall–Kier alpha value is -1.10. The van der Waals surface area contributed by atoms with E-state index in [2.05, 4.69) is 4.98 Å². The van der Waals surface area contributed by atoms with Gasteiger partial charge in [0.1, 0.15) is 0 Å². The van der Waals surface area contributed by atoms with E-state index in [9.17, 15) is 13.2 Å². The number of nitrogens with zero attached hydrogens (tertiary/aromatic N) is 1. The lowest BCUT2D eigenvalue weighted by Gasteiger charge is -2.37. The summed E-state index contributed by atoms with van der Waals surface area (Å²) in [5.41, 5.74) is -2.45. The van der Waals surface area contributed by atoms with E-state index in [1.807, 2.05) is 0 Å². The van der Waals surface area contributed by atoms with Crippen LogP contribution in [-0.4, -0.2) is 18.3 Å². The molecule has 1 aromatic heterocycles. The second kappa shape index (κ2) is 4.41. The van der Waals surface area contributed by atoms with Crippen molar-refractivity contribution in [1.29, 1.82) is 0 Å². The van der Waals surface area contributed by atoms with Crippen LogP contribution in [-0.2, 0) is 10.3 Å². The van der Waals surface area contributed by atoms with E-state index < -0.39 is 17.7 Å². The zero-order valence-electron chi connectivity index (χ0n) is 9.38. The number of pyridine rings is 1. The third kappa shape index (κ3) is 1.91. The van der Waals surface area contributed by atoms with Gasteiger partial charge in [0.25, 0.3) is 0 Å². The molecule has 2 nitrogen and oxygen atoms in total. The molecule has 0 aliphatic heterocycles. The number of hydrogen-bond donors (Lipinski definition) is 0. The van der Waals surface area contributed by atoms with E-state index in [1.165, 1.54) is 32.2 Å². The molecule has 0 aromatic carbocycles. The number of hydrogen-bond acceptors (Lipinski definition) is 2. The number of ether oxygens (including phenoxy) is 1. The Bertz CT molecular complexity index is 337. The van der Waals surface area contributed by atoms with Gasteiger partial charge in [0, 0.05) is 13.3 Å². The van der Waals surface area contributed by atoms with Crippen LogP contribution in [0.15, 0.2) is 24.4 Å². The fraction of sp³-hybridized carbons (Fsp3) is 0.545. The zero-order valence-corrected chi connectivity index (χ0v) is 9.38. The number of aromatic nitrogens is 1. The van der Waals surface area contributed by atoms with Crippen molar-refractivity contribution >= 4 is 0 Å². The second-order valence-corrected chi connectivity index (χ2v) is 3.81. The molecule has 0 spiro atoms. The average molecular weight is 233 g/mol. The summed E-state index contributed by atoms with van der Waals surface area (Å²) < 4.78 is 44.2. The first-order valence-corrected chi connectivity index (χ1v) is 4.89. The molecule has 1 atom stereocenters. The lowest BCUT2D eigenvalue weighted by molar-refractivity contribution is -0.294. The fourth-order valence-corrected chi connectivity index (χ4v) is 1.81. The van der Waals surface area contributed by atoms with Crippen LogP contribution in [0.2, 0.25) is 0 Å². The Morgan fingerprint density at radius 1 is 1.25 bits per heavy atom. The molecule has 1 rings (SSSR count). The molecule has 0 radical (unpaired) electrons. The van der Waals surface area contributed by atoms with Gasteiger partial charge in [-0.05, 0) is 18.1 Å². The molecular formula is C11H14F3NO. The van der Waals surface area contributed by atoms with Crippen molar-refractivity contribution in [2.24, 2.45) is 5.92 Å². The molecule has 5 heteroatoms. The summed E-state index contributed by atoms with van der Waals surface area (Å²) >= 11 is 0. The molecule has 0 amide bonds. The Kier molecular flexibility index (Phi) is 3.57. The van der Waals surface area contributed by atoms with Crippen LogP contribution in [0.25, 0.3) is 0 Å². The van der Waals surface area contributed by atoms with Crippen LogP contribution in [0.4, 0.5) is 13.2 Å². The minimum absolute atomic E-state index is 0.111. The van der Waals surface area contributed by atoms with Crippen molar-refractivity contribution in [3.8, 4) is 0 Å². The van der Waals surface area contributed by atoms with Gasteiger partial charge in [-0.25, -0.2) is 0 Å². The Labute approximate surface area is 92.5 Å². The SMILES string of the molecule is COC(c1ccccn1)(C(C)C)C(F)(F)F. The van der Waals surface area contributed by atoms with E-state index in [0.717, 1.165) is 7.11 Å². The molecule has 0 N–H and O–H groups in total. The highest BCUT2D eigenvalue weighted by molar-refractivity contribution is 5.17. The molecular weight excluding hydrogens is 219 g/mol. The van der Waals surface area contributed by atoms with Gasteiger partial charge in [-0.3, -0.25) is 4.98 Å². The van der Waals surface area contributed by atoms with E-state index in [0.29, 0.717) is 0 Å². The largest absolute Gasteiger partial charge is 0.423 e. The highest BCUT2D eigenvalue weighted by atomic mass is 19.4. The van der Waals surface area contributed by atoms with Gasteiger partial charge in [-0.15, -0.1) is 0 Å². The predicted molar refractivity (Wildman–Crippen MR) is 53.8 cm³/mol. The monoisotopic (exact) mass is 233 g/mol. The van der Waals surface area contributed by atoms with Crippen molar-refractivity contribution in [2.75, 3.05) is 7.11 Å². The predicted octanol–water partition coefficient (Wildman–Crippen LogP) is 3.14. The van der Waals surface area contributed by atoms with Gasteiger partial charge in [-0.1, -0.05) is 19.9 Å². The number of halogens is 3. The maximum Gasteiger partial charge on any atom is 0.423 e. The number of methoxy groups -OCH3 is 1. The summed E-state index contributed by atoms with van der Waals surface area (Å²) in [7, 11) is 1.06. The molecule has 1 heterocycles. The zero-order chi connectivity index (χ0) is 12.4. The van der Waals surface area contributed by atoms with Gasteiger partial charge < -0.3 is 4.74 Å². The fourth-order valence-electron chi connectivity index (χ4n) is 1.81. The smallest absolute Gasteiger partial charge is 0.363 e. The van der Waals surface area contributed by atoms with E-state index >= 15 is 0 Å². The highest BCUT2D eigenvalue weighted by Crippen LogP contribution is 2.46. The average Bonchev–Trinajstić information content (AvgIpc) is 2.18. The highest BCUT2D eigenvalue weighted by Gasteiger charge is 2.59. The minimum atomic E-state index is -4.50. The molecule has 16 heavy (non-hydrogen) atoms. The molecule has 90 valence electrons. The van der Waals surface area contributed by atoms with Crippen LogP contribution in [0, 0.1) is 5.92 Å². The number of rotatable bonds is 3. The molecule has 0 saturated heterocycles. The Morgan fingerprint density at radius 3 is 2.19 bits per heavy atom. The third-order valence-electron chi connectivity index (χ3n) is 2.60. The van der Waals surface area contributed by atoms with E-state index in [4.69, 9.17) is 4.74 Å². The van der Waals surface area contributed by atoms with Crippen LogP contribution < -0.4 is 0 Å². The van der Waals surface area contributed by atoms with Crippen molar-refractivity contribution in [3.05, 3.63) is 30.1 Å². The van der Waals surface area contributed by atoms with E-state index in [-0.39, 0.29) is 5.69 Å². The molecule has 0 aliphatic carbocycles. The summed E-state index contributed by atoms with van der Waals surface area (Å²) in [5.74, 6) is -0.757. The van der Waals surface area contributed by atoms with Gasteiger partial charge >= 0.3 is 6.18 Å². The Balaban J connectivity index is 3.36. The lowest BCUT2D eigenvalue weighted by Crippen LogP contribution is -2.49. The van der Waals surface area contributed by atoms with Gasteiger partial charge in [-0.2, -0.15) is 13.2 Å². The quantitative estimate of drug-likeness (QED) is 0.800. The molecule has 0 bridgehead atoms. The molecule has 1 aromatic rings. The maximum atomic E-state index is 13.1. The van der Waals surface area contributed by atoms with Gasteiger partial charge in [0.2, 0.25) is 5.60 Å². The summed E-state index contributed by atoms with van der Waals surface area (Å²) in [6.45, 7) is 2.93. The topological polar surface area (TPSA) is 22.1 Å². The normalized spacial score (nSPS) is 16.2. The van der Waals surface area contributed by atoms with Crippen molar-refractivity contribution in [3.63, 3.8) is 0 Å². The maximum absolute atomic E-state index is 13.1. The molecule has 1 unspecified atom stereocenters. The summed E-state index contributed by atoms with van der Waals surface area (Å²) in [4.78, 5) is 3.76. The van der Waals surface area contributed by atoms with E-state index in [1.54, 1.807) is 6.07 Å². The molecule has 0 aliphatic rings. The first kappa shape index (κ1) is 13.0. The number of alkyl halides is 3. The second-order valence-electron chi connectivity index (χ2n) is 3.81. The summed E-state index contributed by atoms with van der Waals surface area (Å²) in [6.07, 6.45) is -3.17. The first-order valence-electron chi connectivity index (χ1n) is 4.89. The third-order valence-corrected chi connectivity index (χ3v) is 2.60. The standard InChI is InChI=1S/C11H14F3NO/c1-8(2)10(16-3,11(12,13)14)9-6-4-5-7-15-9/h4-8H,1-3H3. The van der Waals surface area contributed by atoms with Crippen molar-refractivity contribution in [1.82, 2.24) is 4.98 Å². The van der Waals surface area contributed by atoms with Crippen molar-refractivity contribution < 1.29 is 17.9 Å². The van der Waals surface area contributed by atoms with Gasteiger partial charge in [0.05, 0.1) is 5.69 Å². The molecule has 0 fully saturated rings. The summed E-state index contributed by atoms with van der Waals surface area (Å²) in [6, 6.07) is 4.42. The van der Waals surface area contributed by atoms with Crippen LogP contribution in [0.5, 0.6) is 0 Å². The van der Waals surface area contributed by atoms with Gasteiger partial charge in [0.15, 0.2) is 0 Å². The van der Waals surface area contributed by atoms with Crippen LogP contribution >= 0.6 is 0 Å². The first-order chi connectivity index (χ1) is 7.36. The summed E-state index contributed by atoms with van der Waals surface area (Å²) in [5, 5.41) is 0. The van der Waals surface area contributed by atoms with Crippen molar-refractivity contribution in [2.45, 2.75) is 25.6 Å². The minimum Gasteiger partial charge on any atom is -0.363 e. The lowest BCUT2D eigenvalue weighted by atomic mass is 9.85. The molecule has 0 saturated carbocycles.